The standard InChI is InChI=1S/C37H72O4.C6H14N2O2/c1-3-5-7-9-11-13-15-17-19-21-23-25-27-29-34-40-36(38)32-31-33-37(39)41-35-30-28-26-24-22-20-18-16-14-12-10-8-6-4-2;1-8(2)4-3-5-10-6(7)9/h3-35H2,1-2H3;3-5H2,1-2H3,(H2,7,9). The summed E-state index contributed by atoms with van der Waals surface area (Å²) in [5.74, 6) is -0.362. The van der Waals surface area contributed by atoms with E-state index in [0.717, 1.165) is 38.6 Å². The number of unbranched alkanes of at least 4 members (excludes halogenated alkanes) is 26. The van der Waals surface area contributed by atoms with Gasteiger partial charge in [0.2, 0.25) is 0 Å². The second-order valence-corrected chi connectivity index (χ2v) is 14.8. The predicted molar refractivity (Wildman–Crippen MR) is 215 cm³/mol. The van der Waals surface area contributed by atoms with Gasteiger partial charge in [0, 0.05) is 19.4 Å². The maximum absolute atomic E-state index is 11.9. The maximum atomic E-state index is 11.9. The smallest absolute Gasteiger partial charge is 0.404 e. The molecule has 0 aromatic carbocycles. The Hall–Kier alpha value is -1.83. The Morgan fingerprint density at radius 1 is 0.392 bits per heavy atom. The van der Waals surface area contributed by atoms with Crippen molar-refractivity contribution in [2.24, 2.45) is 5.73 Å². The summed E-state index contributed by atoms with van der Waals surface area (Å²) in [6, 6.07) is 0. The Morgan fingerprint density at radius 3 is 0.941 bits per heavy atom. The number of carbonyl (C=O) groups is 3. The lowest BCUT2D eigenvalue weighted by Crippen LogP contribution is -2.18. The second-order valence-electron chi connectivity index (χ2n) is 14.8. The number of ether oxygens (including phenoxy) is 3. The van der Waals surface area contributed by atoms with Gasteiger partial charge in [-0.15, -0.1) is 0 Å². The van der Waals surface area contributed by atoms with Crippen LogP contribution in [-0.4, -0.2) is 63.4 Å². The molecule has 304 valence electrons. The Kier molecular flexibility index (Phi) is 44.6. The molecule has 0 aliphatic carbocycles. The molecule has 0 aromatic rings. The monoisotopic (exact) mass is 727 g/mol. The predicted octanol–water partition coefficient (Wildman–Crippen LogP) is 12.2. The van der Waals surface area contributed by atoms with E-state index in [0.29, 0.717) is 39.1 Å². The van der Waals surface area contributed by atoms with Crippen molar-refractivity contribution >= 4 is 18.0 Å². The lowest BCUT2D eigenvalue weighted by Gasteiger charge is -2.07. The van der Waals surface area contributed by atoms with Gasteiger partial charge in [-0.3, -0.25) is 9.59 Å². The topological polar surface area (TPSA) is 108 Å². The molecule has 2 N–H and O–H groups in total. The summed E-state index contributed by atoms with van der Waals surface area (Å²) in [6.45, 7) is 6.90. The van der Waals surface area contributed by atoms with E-state index in [9.17, 15) is 14.4 Å². The van der Waals surface area contributed by atoms with Gasteiger partial charge in [0.25, 0.3) is 0 Å². The van der Waals surface area contributed by atoms with Gasteiger partial charge in [-0.1, -0.05) is 181 Å². The zero-order chi connectivity index (χ0) is 37.9. The number of amides is 1. The summed E-state index contributed by atoms with van der Waals surface area (Å²) in [5.41, 5.74) is 4.73. The molecular formula is C43H86N2O6. The Labute approximate surface area is 316 Å². The number of nitrogens with zero attached hydrogens (tertiary/aromatic N) is 1. The highest BCUT2D eigenvalue weighted by Crippen LogP contribution is 2.14. The highest BCUT2D eigenvalue weighted by atomic mass is 16.5. The van der Waals surface area contributed by atoms with Gasteiger partial charge in [-0.2, -0.15) is 0 Å². The Morgan fingerprint density at radius 2 is 0.667 bits per heavy atom. The van der Waals surface area contributed by atoms with Crippen LogP contribution in [0, 0.1) is 0 Å². The van der Waals surface area contributed by atoms with Crippen LogP contribution in [0.1, 0.15) is 219 Å². The summed E-state index contributed by atoms with van der Waals surface area (Å²) < 4.78 is 15.2. The molecule has 0 saturated heterocycles. The number of esters is 2. The van der Waals surface area contributed by atoms with Crippen molar-refractivity contribution < 1.29 is 28.6 Å². The lowest BCUT2D eigenvalue weighted by atomic mass is 10.0. The van der Waals surface area contributed by atoms with Gasteiger partial charge in [-0.25, -0.2) is 4.79 Å². The van der Waals surface area contributed by atoms with E-state index in [1.54, 1.807) is 0 Å². The molecule has 0 heterocycles. The number of hydrogen-bond acceptors (Lipinski definition) is 7. The van der Waals surface area contributed by atoms with Crippen molar-refractivity contribution in [1.82, 2.24) is 4.90 Å². The van der Waals surface area contributed by atoms with E-state index in [-0.39, 0.29) is 11.9 Å². The van der Waals surface area contributed by atoms with E-state index in [4.69, 9.17) is 15.2 Å². The second kappa shape index (κ2) is 44.3. The first kappa shape index (κ1) is 51.3. The van der Waals surface area contributed by atoms with Gasteiger partial charge in [0.1, 0.15) is 0 Å². The molecular weight excluding hydrogens is 640 g/mol. The fourth-order valence-corrected chi connectivity index (χ4v) is 6.04. The normalized spacial score (nSPS) is 10.9. The van der Waals surface area contributed by atoms with E-state index >= 15 is 0 Å². The minimum Gasteiger partial charge on any atom is -0.466 e. The Balaban J connectivity index is 0. The van der Waals surface area contributed by atoms with Crippen LogP contribution in [0.15, 0.2) is 0 Å². The van der Waals surface area contributed by atoms with Crippen molar-refractivity contribution in [3.63, 3.8) is 0 Å². The van der Waals surface area contributed by atoms with Gasteiger partial charge in [-0.05, 0) is 39.8 Å². The highest BCUT2D eigenvalue weighted by molar-refractivity contribution is 5.72. The van der Waals surface area contributed by atoms with E-state index < -0.39 is 6.09 Å². The molecule has 0 atom stereocenters. The number of rotatable bonds is 38. The lowest BCUT2D eigenvalue weighted by molar-refractivity contribution is -0.145. The molecule has 0 spiro atoms. The van der Waals surface area contributed by atoms with E-state index in [1.807, 2.05) is 19.0 Å². The molecule has 0 bridgehead atoms. The van der Waals surface area contributed by atoms with Crippen LogP contribution in [0.25, 0.3) is 0 Å². The molecule has 8 heteroatoms. The summed E-state index contributed by atoms with van der Waals surface area (Å²) in [6.07, 6.45) is 38.3. The molecule has 0 aromatic heterocycles. The summed E-state index contributed by atoms with van der Waals surface area (Å²) >= 11 is 0. The largest absolute Gasteiger partial charge is 0.466 e. The third-order valence-electron chi connectivity index (χ3n) is 9.28. The fraction of sp³-hybridized carbons (Fsp3) is 0.930. The van der Waals surface area contributed by atoms with Crippen LogP contribution >= 0.6 is 0 Å². The van der Waals surface area contributed by atoms with Gasteiger partial charge in [0.15, 0.2) is 0 Å². The first-order valence-electron chi connectivity index (χ1n) is 21.7. The summed E-state index contributed by atoms with van der Waals surface area (Å²) in [5, 5.41) is 0. The summed E-state index contributed by atoms with van der Waals surface area (Å²) in [7, 11) is 3.93. The van der Waals surface area contributed by atoms with Crippen LogP contribution in [0.2, 0.25) is 0 Å². The first-order valence-corrected chi connectivity index (χ1v) is 21.7. The minimum atomic E-state index is -0.696. The summed E-state index contributed by atoms with van der Waals surface area (Å²) in [4.78, 5) is 35.8. The fourth-order valence-electron chi connectivity index (χ4n) is 6.04. The first-order chi connectivity index (χ1) is 24.8. The third kappa shape index (κ3) is 50.3. The van der Waals surface area contributed by atoms with Crippen molar-refractivity contribution in [3.8, 4) is 0 Å². The molecule has 1 amide bonds. The van der Waals surface area contributed by atoms with Crippen LogP contribution in [0.3, 0.4) is 0 Å². The molecule has 51 heavy (non-hydrogen) atoms. The maximum Gasteiger partial charge on any atom is 0.404 e. The minimum absolute atomic E-state index is 0.181. The van der Waals surface area contributed by atoms with E-state index in [2.05, 4.69) is 18.6 Å². The van der Waals surface area contributed by atoms with Crippen LogP contribution in [0.5, 0.6) is 0 Å². The number of primary amides is 1. The van der Waals surface area contributed by atoms with Crippen LogP contribution in [-0.2, 0) is 23.8 Å². The molecule has 0 aliphatic heterocycles. The van der Waals surface area contributed by atoms with Crippen molar-refractivity contribution in [2.75, 3.05) is 40.5 Å². The van der Waals surface area contributed by atoms with Gasteiger partial charge < -0.3 is 24.8 Å². The number of nitrogens with two attached hydrogens (primary N) is 1. The number of hydrogen-bond donors (Lipinski definition) is 1. The van der Waals surface area contributed by atoms with Gasteiger partial charge in [0.05, 0.1) is 19.8 Å². The molecule has 0 rings (SSSR count). The van der Waals surface area contributed by atoms with Crippen molar-refractivity contribution in [1.29, 1.82) is 0 Å². The van der Waals surface area contributed by atoms with Crippen LogP contribution in [0.4, 0.5) is 4.79 Å². The third-order valence-corrected chi connectivity index (χ3v) is 9.28. The zero-order valence-electron chi connectivity index (χ0n) is 34.4. The molecule has 0 aliphatic rings. The zero-order valence-corrected chi connectivity index (χ0v) is 34.4. The Bertz CT molecular complexity index is 687. The molecule has 0 fully saturated rings. The quantitative estimate of drug-likeness (QED) is 0.0383. The number of carbonyl (C=O) groups excluding carboxylic acids is 3. The van der Waals surface area contributed by atoms with Gasteiger partial charge >= 0.3 is 18.0 Å². The molecule has 0 saturated carbocycles. The van der Waals surface area contributed by atoms with Crippen molar-refractivity contribution in [3.05, 3.63) is 0 Å². The molecule has 8 nitrogen and oxygen atoms in total. The molecule has 0 radical (unpaired) electrons. The molecule has 0 unspecified atom stereocenters. The highest BCUT2D eigenvalue weighted by Gasteiger charge is 2.07. The van der Waals surface area contributed by atoms with Crippen LogP contribution < -0.4 is 5.73 Å². The van der Waals surface area contributed by atoms with Crippen molar-refractivity contribution in [2.45, 2.75) is 219 Å². The average Bonchev–Trinajstić information content (AvgIpc) is 3.10. The van der Waals surface area contributed by atoms with E-state index in [1.165, 1.54) is 154 Å². The SMILES string of the molecule is CCCCCCCCCCCCCCCCOC(=O)CCCC(=O)OCCCCCCCCCCCCCCCC.CN(C)CCCOC(N)=O. The average molecular weight is 727 g/mol.